The fourth-order valence-electron chi connectivity index (χ4n) is 3.06. The minimum absolute atomic E-state index is 0.0898. The quantitative estimate of drug-likeness (QED) is 0.685. The summed E-state index contributed by atoms with van der Waals surface area (Å²) in [6, 6.07) is 16.7. The summed E-state index contributed by atoms with van der Waals surface area (Å²) in [6.07, 6.45) is 0.395. The Morgan fingerprint density at radius 1 is 1.11 bits per heavy atom. The minimum atomic E-state index is -0.695. The van der Waals surface area contributed by atoms with Crippen LogP contribution in [-0.4, -0.2) is 24.1 Å². The molecule has 6 heteroatoms. The number of amides is 2. The topological polar surface area (TPSA) is 93.4 Å². The van der Waals surface area contributed by atoms with Crippen molar-refractivity contribution < 1.29 is 14.3 Å². The summed E-state index contributed by atoms with van der Waals surface area (Å²) >= 11 is 0. The summed E-state index contributed by atoms with van der Waals surface area (Å²) < 4.78 is 5.23. The van der Waals surface area contributed by atoms with Gasteiger partial charge in [0.2, 0.25) is 5.91 Å². The molecule has 3 rings (SSSR count). The molecule has 1 aliphatic rings. The number of nitrogens with one attached hydrogen (secondary N) is 2. The summed E-state index contributed by atoms with van der Waals surface area (Å²) in [4.78, 5) is 24.8. The van der Waals surface area contributed by atoms with Crippen molar-refractivity contribution >= 4 is 17.7 Å². The van der Waals surface area contributed by atoms with Gasteiger partial charge in [-0.1, -0.05) is 56.3 Å². The molecule has 2 aromatic carbocycles. The lowest BCUT2D eigenvalue weighted by Gasteiger charge is -2.21. The maximum atomic E-state index is 12.6. The van der Waals surface area contributed by atoms with Crippen LogP contribution in [-0.2, 0) is 16.1 Å². The van der Waals surface area contributed by atoms with Crippen molar-refractivity contribution in [1.29, 1.82) is 0 Å². The number of ether oxygens (including phenoxy) is 1. The van der Waals surface area contributed by atoms with Gasteiger partial charge in [-0.15, -0.1) is 0 Å². The number of anilines is 1. The molecule has 0 aliphatic heterocycles. The fourth-order valence-corrected chi connectivity index (χ4v) is 3.06. The third kappa shape index (κ3) is 5.33. The van der Waals surface area contributed by atoms with E-state index < -0.39 is 12.1 Å². The molecule has 3 unspecified atom stereocenters. The van der Waals surface area contributed by atoms with Gasteiger partial charge in [-0.3, -0.25) is 4.79 Å². The van der Waals surface area contributed by atoms with Gasteiger partial charge in [-0.25, -0.2) is 4.79 Å². The standard InChI is InChI=1S/C22H27N3O3/c1-14(2)20(25-22(27)28-13-15-6-4-3-5-7-15)21(26)24-17-10-8-16(9-11-17)18-12-19(18)23/h3-11,14,18-20H,12-13,23H2,1-2H3,(H,24,26)(H,25,27). The van der Waals surface area contributed by atoms with Crippen LogP contribution in [0.2, 0.25) is 0 Å². The number of carbonyl (C=O) groups is 2. The van der Waals surface area contributed by atoms with E-state index in [2.05, 4.69) is 10.6 Å². The lowest BCUT2D eigenvalue weighted by Crippen LogP contribution is -2.47. The monoisotopic (exact) mass is 381 g/mol. The van der Waals surface area contributed by atoms with E-state index in [-0.39, 0.29) is 24.5 Å². The second-order valence-corrected chi connectivity index (χ2v) is 7.55. The maximum absolute atomic E-state index is 12.6. The summed E-state index contributed by atoms with van der Waals surface area (Å²) in [7, 11) is 0. The lowest BCUT2D eigenvalue weighted by atomic mass is 10.0. The first-order chi connectivity index (χ1) is 13.4. The second-order valence-electron chi connectivity index (χ2n) is 7.55. The zero-order valence-corrected chi connectivity index (χ0v) is 16.2. The highest BCUT2D eigenvalue weighted by Crippen LogP contribution is 2.39. The number of alkyl carbamates (subject to hydrolysis) is 1. The van der Waals surface area contributed by atoms with Gasteiger partial charge in [0.25, 0.3) is 0 Å². The molecule has 0 spiro atoms. The van der Waals surface area contributed by atoms with Crippen LogP contribution in [0.1, 0.15) is 37.3 Å². The molecule has 4 N–H and O–H groups in total. The van der Waals surface area contributed by atoms with Crippen molar-refractivity contribution in [2.24, 2.45) is 11.7 Å². The molecule has 0 heterocycles. The van der Waals surface area contributed by atoms with Gasteiger partial charge in [-0.2, -0.15) is 0 Å². The van der Waals surface area contributed by atoms with Crippen LogP contribution < -0.4 is 16.4 Å². The predicted octanol–water partition coefficient (Wildman–Crippen LogP) is 3.39. The molecular formula is C22H27N3O3. The van der Waals surface area contributed by atoms with E-state index in [1.54, 1.807) is 0 Å². The Labute approximate surface area is 165 Å². The third-order valence-electron chi connectivity index (χ3n) is 4.88. The molecule has 0 radical (unpaired) electrons. The maximum Gasteiger partial charge on any atom is 0.408 e. The number of rotatable bonds is 7. The fraction of sp³-hybridized carbons (Fsp3) is 0.364. The molecule has 1 saturated carbocycles. The van der Waals surface area contributed by atoms with Crippen LogP contribution in [0.5, 0.6) is 0 Å². The molecule has 6 nitrogen and oxygen atoms in total. The lowest BCUT2D eigenvalue weighted by molar-refractivity contribution is -0.119. The van der Waals surface area contributed by atoms with Crippen molar-refractivity contribution in [2.75, 3.05) is 5.32 Å². The summed E-state index contributed by atoms with van der Waals surface area (Å²) in [5.74, 6) is 0.0600. The highest BCUT2D eigenvalue weighted by Gasteiger charge is 2.34. The van der Waals surface area contributed by atoms with Crippen molar-refractivity contribution in [2.45, 2.75) is 44.9 Å². The van der Waals surface area contributed by atoms with E-state index in [0.717, 1.165) is 12.0 Å². The van der Waals surface area contributed by atoms with Gasteiger partial charge >= 0.3 is 6.09 Å². The van der Waals surface area contributed by atoms with E-state index in [0.29, 0.717) is 11.6 Å². The average Bonchev–Trinajstić information content (AvgIpc) is 3.42. The normalized spacial score (nSPS) is 19.0. The Morgan fingerprint density at radius 2 is 1.75 bits per heavy atom. The molecule has 148 valence electrons. The minimum Gasteiger partial charge on any atom is -0.445 e. The van der Waals surface area contributed by atoms with E-state index in [9.17, 15) is 9.59 Å². The van der Waals surface area contributed by atoms with Gasteiger partial charge < -0.3 is 21.1 Å². The average molecular weight is 381 g/mol. The number of hydrogen-bond donors (Lipinski definition) is 3. The van der Waals surface area contributed by atoms with Gasteiger partial charge in [0.15, 0.2) is 0 Å². The van der Waals surface area contributed by atoms with Gasteiger partial charge in [0, 0.05) is 17.6 Å². The Bertz CT molecular complexity index is 806. The largest absolute Gasteiger partial charge is 0.445 e. The predicted molar refractivity (Wildman–Crippen MR) is 109 cm³/mol. The smallest absolute Gasteiger partial charge is 0.408 e. The number of carbonyl (C=O) groups excluding carboxylic acids is 2. The number of nitrogens with two attached hydrogens (primary N) is 1. The Hall–Kier alpha value is -2.86. The Morgan fingerprint density at radius 3 is 2.32 bits per heavy atom. The van der Waals surface area contributed by atoms with Crippen LogP contribution in [0.3, 0.4) is 0 Å². The van der Waals surface area contributed by atoms with Gasteiger partial charge in [-0.05, 0) is 35.6 Å². The molecule has 3 atom stereocenters. The molecular weight excluding hydrogens is 354 g/mol. The van der Waals surface area contributed by atoms with Gasteiger partial charge in [0.1, 0.15) is 12.6 Å². The molecule has 28 heavy (non-hydrogen) atoms. The van der Waals surface area contributed by atoms with Crippen LogP contribution in [0, 0.1) is 5.92 Å². The van der Waals surface area contributed by atoms with Crippen LogP contribution >= 0.6 is 0 Å². The van der Waals surface area contributed by atoms with Crippen molar-refractivity contribution in [3.05, 3.63) is 65.7 Å². The van der Waals surface area contributed by atoms with E-state index in [1.165, 1.54) is 5.56 Å². The molecule has 1 aliphatic carbocycles. The Balaban J connectivity index is 1.53. The zero-order valence-electron chi connectivity index (χ0n) is 16.2. The number of benzene rings is 2. The summed E-state index contributed by atoms with van der Waals surface area (Å²) in [5, 5.41) is 5.52. The first kappa shape index (κ1) is 19.9. The van der Waals surface area contributed by atoms with Crippen molar-refractivity contribution in [1.82, 2.24) is 5.32 Å². The second kappa shape index (κ2) is 8.89. The van der Waals surface area contributed by atoms with Crippen molar-refractivity contribution in [3.63, 3.8) is 0 Å². The first-order valence-corrected chi connectivity index (χ1v) is 9.57. The number of hydrogen-bond acceptors (Lipinski definition) is 4. The third-order valence-corrected chi connectivity index (χ3v) is 4.88. The Kier molecular flexibility index (Phi) is 6.31. The molecule has 0 saturated heterocycles. The summed E-state index contributed by atoms with van der Waals surface area (Å²) in [6.45, 7) is 3.91. The van der Waals surface area contributed by atoms with E-state index in [4.69, 9.17) is 10.5 Å². The molecule has 2 aromatic rings. The van der Waals surface area contributed by atoms with E-state index >= 15 is 0 Å². The molecule has 0 aromatic heterocycles. The molecule has 1 fully saturated rings. The van der Waals surface area contributed by atoms with Crippen LogP contribution in [0.4, 0.5) is 10.5 Å². The molecule has 0 bridgehead atoms. The zero-order chi connectivity index (χ0) is 20.1. The highest BCUT2D eigenvalue weighted by molar-refractivity contribution is 5.96. The van der Waals surface area contributed by atoms with Crippen molar-refractivity contribution in [3.8, 4) is 0 Å². The SMILES string of the molecule is CC(C)C(NC(=O)OCc1ccccc1)C(=O)Nc1ccc(C2CC2N)cc1. The van der Waals surface area contributed by atoms with Crippen LogP contribution in [0.25, 0.3) is 0 Å². The van der Waals surface area contributed by atoms with Crippen LogP contribution in [0.15, 0.2) is 54.6 Å². The molecule has 2 amide bonds. The highest BCUT2D eigenvalue weighted by atomic mass is 16.5. The summed E-state index contributed by atoms with van der Waals surface area (Å²) in [5.41, 5.74) is 8.64. The first-order valence-electron chi connectivity index (χ1n) is 9.57. The van der Waals surface area contributed by atoms with E-state index in [1.807, 2.05) is 68.4 Å². The van der Waals surface area contributed by atoms with Gasteiger partial charge in [0.05, 0.1) is 0 Å².